The van der Waals surface area contributed by atoms with Crippen LogP contribution in [-0.4, -0.2) is 67.2 Å². The summed E-state index contributed by atoms with van der Waals surface area (Å²) in [4.78, 5) is 16.6. The minimum absolute atomic E-state index is 0.385. The molecule has 1 fully saturated rings. The van der Waals surface area contributed by atoms with E-state index >= 15 is 0 Å². The van der Waals surface area contributed by atoms with Crippen molar-refractivity contribution in [3.05, 3.63) is 21.9 Å². The predicted molar refractivity (Wildman–Crippen MR) is 76.9 cm³/mol. The van der Waals surface area contributed by atoms with Crippen LogP contribution in [0.3, 0.4) is 0 Å². The van der Waals surface area contributed by atoms with Gasteiger partial charge in [0.1, 0.15) is 0 Å². The molecule has 0 aromatic carbocycles. The molecule has 2 N–H and O–H groups in total. The Morgan fingerprint density at radius 2 is 2.32 bits per heavy atom. The highest BCUT2D eigenvalue weighted by molar-refractivity contribution is 7.10. The number of carbonyl (C=O) groups is 1. The first kappa shape index (κ1) is 14.5. The molecule has 1 unspecified atom stereocenters. The molecule has 6 heteroatoms. The summed E-state index contributed by atoms with van der Waals surface area (Å²) in [5.74, 6) is -0.851. The molecule has 2 heterocycles. The summed E-state index contributed by atoms with van der Waals surface area (Å²) < 4.78 is 0. The van der Waals surface area contributed by atoms with Gasteiger partial charge in [0.2, 0.25) is 0 Å². The van der Waals surface area contributed by atoms with Gasteiger partial charge in [0.25, 0.3) is 0 Å². The van der Waals surface area contributed by atoms with Crippen LogP contribution in [0.15, 0.2) is 11.4 Å². The molecule has 1 aromatic rings. The Balaban J connectivity index is 1.77. The summed E-state index contributed by atoms with van der Waals surface area (Å²) in [6, 6.07) is 2.27. The molecule has 0 saturated carbocycles. The zero-order chi connectivity index (χ0) is 13.8. The number of thiophene rings is 1. The SMILES string of the molecule is CN1CCN(C)C(CNCc2cc(C(=O)O)cs2)C1. The van der Waals surface area contributed by atoms with Gasteiger partial charge < -0.3 is 15.3 Å². The van der Waals surface area contributed by atoms with E-state index in [1.165, 1.54) is 11.3 Å². The molecule has 5 nitrogen and oxygen atoms in total. The maximum absolute atomic E-state index is 10.8. The normalized spacial score (nSPS) is 21.7. The van der Waals surface area contributed by atoms with E-state index in [0.29, 0.717) is 11.6 Å². The van der Waals surface area contributed by atoms with Gasteiger partial charge in [-0.25, -0.2) is 4.79 Å². The third-order valence-electron chi connectivity index (χ3n) is 3.56. The maximum Gasteiger partial charge on any atom is 0.336 e. The lowest BCUT2D eigenvalue weighted by Crippen LogP contribution is -2.53. The lowest BCUT2D eigenvalue weighted by molar-refractivity contribution is 0.0697. The molecule has 19 heavy (non-hydrogen) atoms. The average Bonchev–Trinajstić information content (AvgIpc) is 2.82. The third-order valence-corrected chi connectivity index (χ3v) is 4.50. The second-order valence-electron chi connectivity index (χ2n) is 5.13. The fraction of sp³-hybridized carbons (Fsp3) is 0.615. The number of hydrogen-bond donors (Lipinski definition) is 2. The molecule has 0 bridgehead atoms. The molecule has 0 amide bonds. The van der Waals surface area contributed by atoms with Gasteiger partial charge in [0.05, 0.1) is 5.56 Å². The summed E-state index contributed by atoms with van der Waals surface area (Å²) >= 11 is 1.50. The van der Waals surface area contributed by atoms with E-state index in [1.807, 2.05) is 0 Å². The highest BCUT2D eigenvalue weighted by Gasteiger charge is 2.21. The first-order valence-corrected chi connectivity index (χ1v) is 7.34. The molecule has 1 saturated heterocycles. The number of rotatable bonds is 5. The van der Waals surface area contributed by atoms with Crippen molar-refractivity contribution in [2.75, 3.05) is 40.3 Å². The van der Waals surface area contributed by atoms with Crippen LogP contribution in [0.5, 0.6) is 0 Å². The van der Waals surface area contributed by atoms with E-state index in [0.717, 1.165) is 37.6 Å². The molecule has 0 spiro atoms. The zero-order valence-electron chi connectivity index (χ0n) is 11.4. The molecular formula is C13H21N3O2S. The summed E-state index contributed by atoms with van der Waals surface area (Å²) in [6.07, 6.45) is 0. The van der Waals surface area contributed by atoms with Crippen molar-refractivity contribution in [3.8, 4) is 0 Å². The number of aromatic carboxylic acids is 1. The van der Waals surface area contributed by atoms with Gasteiger partial charge in [0.15, 0.2) is 0 Å². The summed E-state index contributed by atoms with van der Waals surface area (Å²) in [5.41, 5.74) is 0.385. The highest BCUT2D eigenvalue weighted by Crippen LogP contribution is 2.14. The highest BCUT2D eigenvalue weighted by atomic mass is 32.1. The van der Waals surface area contributed by atoms with Crippen LogP contribution < -0.4 is 5.32 Å². The van der Waals surface area contributed by atoms with Crippen molar-refractivity contribution in [1.82, 2.24) is 15.1 Å². The minimum Gasteiger partial charge on any atom is -0.478 e. The van der Waals surface area contributed by atoms with Crippen molar-refractivity contribution in [2.24, 2.45) is 0 Å². The Morgan fingerprint density at radius 1 is 1.53 bits per heavy atom. The van der Waals surface area contributed by atoms with E-state index in [9.17, 15) is 4.79 Å². The lowest BCUT2D eigenvalue weighted by Gasteiger charge is -2.37. The Hall–Kier alpha value is -0.950. The smallest absolute Gasteiger partial charge is 0.336 e. The summed E-state index contributed by atoms with van der Waals surface area (Å²) in [5, 5.41) is 14.0. The quantitative estimate of drug-likeness (QED) is 0.836. The van der Waals surface area contributed by atoms with Crippen molar-refractivity contribution >= 4 is 17.3 Å². The van der Waals surface area contributed by atoms with Crippen LogP contribution in [0, 0.1) is 0 Å². The van der Waals surface area contributed by atoms with Gasteiger partial charge in [-0.15, -0.1) is 11.3 Å². The Labute approximate surface area is 117 Å². The van der Waals surface area contributed by atoms with E-state index in [2.05, 4.69) is 29.2 Å². The molecule has 0 aliphatic carbocycles. The standard InChI is InChI=1S/C13H21N3O2S/c1-15-3-4-16(2)11(8-15)6-14-7-12-5-10(9-19-12)13(17)18/h5,9,11,14H,3-4,6-8H2,1-2H3,(H,17,18). The first-order valence-electron chi connectivity index (χ1n) is 6.46. The summed E-state index contributed by atoms with van der Waals surface area (Å²) in [6.45, 7) is 4.98. The van der Waals surface area contributed by atoms with Crippen LogP contribution in [0.25, 0.3) is 0 Å². The van der Waals surface area contributed by atoms with E-state index in [4.69, 9.17) is 5.11 Å². The van der Waals surface area contributed by atoms with Gasteiger partial charge in [-0.2, -0.15) is 0 Å². The average molecular weight is 283 g/mol. The topological polar surface area (TPSA) is 55.8 Å². The van der Waals surface area contributed by atoms with Crippen molar-refractivity contribution in [2.45, 2.75) is 12.6 Å². The third kappa shape index (κ3) is 4.01. The molecule has 1 aromatic heterocycles. The van der Waals surface area contributed by atoms with Gasteiger partial charge in [0, 0.05) is 49.0 Å². The Morgan fingerprint density at radius 3 is 3.00 bits per heavy atom. The van der Waals surface area contributed by atoms with Crippen LogP contribution in [0.4, 0.5) is 0 Å². The maximum atomic E-state index is 10.8. The summed E-state index contributed by atoms with van der Waals surface area (Å²) in [7, 11) is 4.31. The van der Waals surface area contributed by atoms with Gasteiger partial charge in [-0.1, -0.05) is 0 Å². The van der Waals surface area contributed by atoms with Gasteiger partial charge in [-0.05, 0) is 20.2 Å². The monoisotopic (exact) mass is 283 g/mol. The second-order valence-corrected chi connectivity index (χ2v) is 6.13. The molecule has 1 aliphatic rings. The van der Waals surface area contributed by atoms with Crippen molar-refractivity contribution in [1.29, 1.82) is 0 Å². The molecule has 1 aliphatic heterocycles. The number of nitrogens with one attached hydrogen (secondary N) is 1. The van der Waals surface area contributed by atoms with Crippen LogP contribution in [0.2, 0.25) is 0 Å². The number of hydrogen-bond acceptors (Lipinski definition) is 5. The largest absolute Gasteiger partial charge is 0.478 e. The fourth-order valence-corrected chi connectivity index (χ4v) is 3.10. The number of nitrogens with zero attached hydrogens (tertiary/aromatic N) is 2. The van der Waals surface area contributed by atoms with Crippen LogP contribution in [-0.2, 0) is 6.54 Å². The number of carboxylic acids is 1. The number of piperazine rings is 1. The minimum atomic E-state index is -0.851. The van der Waals surface area contributed by atoms with Gasteiger partial charge in [-0.3, -0.25) is 4.90 Å². The molecule has 106 valence electrons. The lowest BCUT2D eigenvalue weighted by atomic mass is 10.2. The van der Waals surface area contributed by atoms with Gasteiger partial charge >= 0.3 is 5.97 Å². The van der Waals surface area contributed by atoms with Crippen molar-refractivity contribution < 1.29 is 9.90 Å². The van der Waals surface area contributed by atoms with E-state index < -0.39 is 5.97 Å². The Kier molecular flexibility index (Phi) is 4.93. The Bertz CT molecular complexity index is 435. The number of carboxylic acid groups (broad SMARTS) is 1. The zero-order valence-corrected chi connectivity index (χ0v) is 12.2. The molecule has 0 radical (unpaired) electrons. The van der Waals surface area contributed by atoms with E-state index in [-0.39, 0.29) is 0 Å². The van der Waals surface area contributed by atoms with E-state index in [1.54, 1.807) is 11.4 Å². The first-order chi connectivity index (χ1) is 9.06. The molecular weight excluding hydrogens is 262 g/mol. The predicted octanol–water partition coefficient (Wildman–Crippen LogP) is 0.782. The van der Waals surface area contributed by atoms with Crippen LogP contribution in [0.1, 0.15) is 15.2 Å². The van der Waals surface area contributed by atoms with Crippen molar-refractivity contribution in [3.63, 3.8) is 0 Å². The second kappa shape index (κ2) is 6.47. The molecule has 1 atom stereocenters. The molecule has 2 rings (SSSR count). The number of likely N-dealkylation sites (N-methyl/N-ethyl adjacent to an activating group) is 2. The van der Waals surface area contributed by atoms with Crippen LogP contribution >= 0.6 is 11.3 Å². The fourth-order valence-electron chi connectivity index (χ4n) is 2.27.